The van der Waals surface area contributed by atoms with Gasteiger partial charge in [-0.25, -0.2) is 5.01 Å². The van der Waals surface area contributed by atoms with Crippen molar-refractivity contribution in [1.29, 1.82) is 0 Å². The number of carbonyl (C=O) groups excluding carboxylic acids is 2. The number of hydrazone groups is 1. The van der Waals surface area contributed by atoms with Crippen LogP contribution in [0.5, 0.6) is 5.75 Å². The summed E-state index contributed by atoms with van der Waals surface area (Å²) >= 11 is 6.02. The minimum Gasteiger partial charge on any atom is -0.477 e. The lowest BCUT2D eigenvalue weighted by Crippen LogP contribution is -2.50. The highest BCUT2D eigenvalue weighted by Gasteiger charge is 2.37. The van der Waals surface area contributed by atoms with Crippen molar-refractivity contribution in [3.05, 3.63) is 83.3 Å². The number of primary amides is 1. The van der Waals surface area contributed by atoms with E-state index in [4.69, 9.17) is 26.5 Å². The van der Waals surface area contributed by atoms with Gasteiger partial charge in [0, 0.05) is 11.4 Å². The van der Waals surface area contributed by atoms with Crippen LogP contribution >= 0.6 is 11.6 Å². The van der Waals surface area contributed by atoms with Crippen molar-refractivity contribution in [1.82, 2.24) is 5.01 Å². The van der Waals surface area contributed by atoms with Gasteiger partial charge in [-0.1, -0.05) is 35.9 Å². The van der Waals surface area contributed by atoms with E-state index in [2.05, 4.69) is 5.10 Å². The van der Waals surface area contributed by atoms with Crippen LogP contribution < -0.4 is 15.4 Å². The minimum absolute atomic E-state index is 0.00123. The van der Waals surface area contributed by atoms with Gasteiger partial charge < -0.3 is 19.8 Å². The van der Waals surface area contributed by atoms with Gasteiger partial charge in [0.15, 0.2) is 6.10 Å². The quantitative estimate of drug-likeness (QED) is 0.623. The molecule has 0 fully saturated rings. The van der Waals surface area contributed by atoms with Gasteiger partial charge in [0.2, 0.25) is 0 Å². The number of amides is 2. The van der Waals surface area contributed by atoms with Gasteiger partial charge in [0.1, 0.15) is 17.6 Å². The average Bonchev–Trinajstić information content (AvgIpc) is 3.49. The van der Waals surface area contributed by atoms with Crippen LogP contribution in [0.25, 0.3) is 0 Å². The van der Waals surface area contributed by atoms with Crippen LogP contribution in [0.2, 0.25) is 5.02 Å². The first-order valence-corrected chi connectivity index (χ1v) is 10.9. The number of benzene rings is 2. The zero-order valence-corrected chi connectivity index (χ0v) is 18.3. The van der Waals surface area contributed by atoms with E-state index < -0.39 is 12.0 Å². The van der Waals surface area contributed by atoms with Gasteiger partial charge in [0.25, 0.3) is 11.8 Å². The van der Waals surface area contributed by atoms with Crippen molar-refractivity contribution < 1.29 is 18.7 Å². The molecule has 168 valence electrons. The van der Waals surface area contributed by atoms with Gasteiger partial charge >= 0.3 is 0 Å². The lowest BCUT2D eigenvalue weighted by Gasteiger charge is -2.35. The summed E-state index contributed by atoms with van der Waals surface area (Å²) in [4.78, 5) is 27.1. The number of fused-ring (bicyclic) bond motifs is 1. The van der Waals surface area contributed by atoms with Crippen LogP contribution in [0.15, 0.2) is 76.4 Å². The fraction of sp³-hybridized carbons (Fsp3) is 0.208. The van der Waals surface area contributed by atoms with Crippen LogP contribution in [-0.4, -0.2) is 41.7 Å². The number of carbonyl (C=O) groups is 2. The highest BCUT2D eigenvalue weighted by atomic mass is 35.5. The summed E-state index contributed by atoms with van der Waals surface area (Å²) in [5.74, 6) is 0.336. The molecule has 2 aromatic carbocycles. The third kappa shape index (κ3) is 4.17. The Labute approximate surface area is 195 Å². The van der Waals surface area contributed by atoms with E-state index in [-0.39, 0.29) is 25.0 Å². The van der Waals surface area contributed by atoms with Gasteiger partial charge in [-0.2, -0.15) is 5.10 Å². The second-order valence-electron chi connectivity index (χ2n) is 7.88. The fourth-order valence-electron chi connectivity index (χ4n) is 4.10. The number of ether oxygens (including phenoxy) is 1. The maximum absolute atomic E-state index is 13.5. The Morgan fingerprint density at radius 1 is 1.09 bits per heavy atom. The molecule has 0 aliphatic carbocycles. The van der Waals surface area contributed by atoms with E-state index in [1.807, 2.05) is 30.3 Å². The predicted molar refractivity (Wildman–Crippen MR) is 123 cm³/mol. The molecule has 33 heavy (non-hydrogen) atoms. The van der Waals surface area contributed by atoms with Crippen molar-refractivity contribution in [2.75, 3.05) is 18.0 Å². The Hall–Kier alpha value is -3.78. The number of hydrogen-bond donors (Lipinski definition) is 1. The molecule has 2 aliphatic rings. The van der Waals surface area contributed by atoms with Crippen molar-refractivity contribution in [3.63, 3.8) is 0 Å². The Balaban J connectivity index is 1.44. The minimum atomic E-state index is -0.847. The lowest BCUT2D eigenvalue weighted by atomic mass is 10.0. The van der Waals surface area contributed by atoms with E-state index in [0.717, 1.165) is 17.0 Å². The van der Waals surface area contributed by atoms with Crippen molar-refractivity contribution in [2.45, 2.75) is 18.6 Å². The highest BCUT2D eigenvalue weighted by Crippen LogP contribution is 2.36. The highest BCUT2D eigenvalue weighted by molar-refractivity contribution is 6.30. The molecule has 1 aromatic heterocycles. The lowest BCUT2D eigenvalue weighted by molar-refractivity contribution is -0.132. The van der Waals surface area contributed by atoms with Crippen LogP contribution in [0, 0.1) is 0 Å². The zero-order valence-electron chi connectivity index (χ0n) is 17.6. The largest absolute Gasteiger partial charge is 0.477 e. The Morgan fingerprint density at radius 3 is 2.61 bits per heavy atom. The summed E-state index contributed by atoms with van der Waals surface area (Å²) in [7, 11) is 0. The molecule has 0 spiro atoms. The first-order valence-electron chi connectivity index (χ1n) is 10.5. The summed E-state index contributed by atoms with van der Waals surface area (Å²) in [5.41, 5.74) is 7.86. The molecule has 2 N–H and O–H groups in total. The van der Waals surface area contributed by atoms with E-state index >= 15 is 0 Å². The van der Waals surface area contributed by atoms with Crippen molar-refractivity contribution in [2.24, 2.45) is 10.8 Å². The molecule has 0 saturated carbocycles. The molecular formula is C24H21ClN4O4. The maximum Gasteiger partial charge on any atom is 0.262 e. The second-order valence-corrected chi connectivity index (χ2v) is 8.32. The number of para-hydroxylation sites is 2. The van der Waals surface area contributed by atoms with Gasteiger partial charge in [-0.05, 0) is 42.0 Å². The Kier molecular flexibility index (Phi) is 5.51. The Bertz CT molecular complexity index is 1210. The van der Waals surface area contributed by atoms with Crippen molar-refractivity contribution in [3.8, 4) is 5.75 Å². The normalized spacial score (nSPS) is 19.6. The van der Waals surface area contributed by atoms with Crippen molar-refractivity contribution >= 4 is 34.8 Å². The zero-order chi connectivity index (χ0) is 22.9. The number of furan rings is 1. The monoisotopic (exact) mass is 464 g/mol. The second kappa shape index (κ2) is 8.63. The molecule has 0 saturated heterocycles. The molecule has 3 heterocycles. The molecule has 2 amide bonds. The van der Waals surface area contributed by atoms with E-state index in [1.54, 1.807) is 41.5 Å². The number of halogens is 1. The van der Waals surface area contributed by atoms with E-state index in [1.165, 1.54) is 5.01 Å². The van der Waals surface area contributed by atoms with Crippen LogP contribution in [0.4, 0.5) is 5.69 Å². The summed E-state index contributed by atoms with van der Waals surface area (Å²) < 4.78 is 11.3. The first kappa shape index (κ1) is 21.1. The number of hydrogen-bond acceptors (Lipinski definition) is 6. The molecule has 9 heteroatoms. The van der Waals surface area contributed by atoms with Crippen LogP contribution in [0.3, 0.4) is 0 Å². The van der Waals surface area contributed by atoms with Crippen LogP contribution in [-0.2, 0) is 9.59 Å². The molecule has 5 rings (SSSR count). The maximum atomic E-state index is 13.5. The van der Waals surface area contributed by atoms with E-state index in [0.29, 0.717) is 23.0 Å². The molecule has 0 radical (unpaired) electrons. The predicted octanol–water partition coefficient (Wildman–Crippen LogP) is 3.36. The summed E-state index contributed by atoms with van der Waals surface area (Å²) in [5, 5.41) is 6.73. The molecule has 0 bridgehead atoms. The molecule has 2 aliphatic heterocycles. The smallest absolute Gasteiger partial charge is 0.262 e. The topological polar surface area (TPSA) is 101 Å². The number of rotatable bonds is 5. The summed E-state index contributed by atoms with van der Waals surface area (Å²) in [6, 6.07) is 17.8. The molecule has 0 unspecified atom stereocenters. The van der Waals surface area contributed by atoms with Gasteiger partial charge in [-0.15, -0.1) is 0 Å². The molecule has 2 atom stereocenters. The first-order chi connectivity index (χ1) is 16.0. The molecule has 3 aromatic rings. The third-order valence-electron chi connectivity index (χ3n) is 5.72. The summed E-state index contributed by atoms with van der Waals surface area (Å²) in [6.07, 6.45) is 1.23. The van der Waals surface area contributed by atoms with Gasteiger partial charge in [-0.3, -0.25) is 9.59 Å². The molecular weight excluding hydrogens is 444 g/mol. The van der Waals surface area contributed by atoms with E-state index in [9.17, 15) is 9.59 Å². The molecule has 8 nitrogen and oxygen atoms in total. The third-order valence-corrected chi connectivity index (χ3v) is 5.97. The summed E-state index contributed by atoms with van der Waals surface area (Å²) in [6.45, 7) is 0.170. The Morgan fingerprint density at radius 2 is 1.88 bits per heavy atom. The fourth-order valence-corrected chi connectivity index (χ4v) is 4.23. The number of nitrogens with zero attached hydrogens (tertiary/aromatic N) is 3. The average molecular weight is 465 g/mol. The number of anilines is 1. The van der Waals surface area contributed by atoms with Crippen LogP contribution in [0.1, 0.15) is 23.8 Å². The van der Waals surface area contributed by atoms with Gasteiger partial charge in [0.05, 0.1) is 30.8 Å². The number of nitrogens with two attached hydrogens (primary N) is 1. The SMILES string of the molecule is NC(=O)[C@@H]1CN(CC(=O)N2N=C(c3ccc(Cl)cc3)C[C@@H]2c2ccco2)c2ccccc2O1. The standard InChI is InChI=1S/C24H21ClN4O4/c25-16-9-7-15(8-10-16)17-12-19(20-6-3-11-32-20)29(27-17)23(30)14-28-13-22(24(26)31)33-21-5-2-1-4-18(21)28/h1-11,19,22H,12-14H2,(H2,26,31)/t19-,22+/m1/s1.